The average molecular weight is 311 g/mol. The lowest BCUT2D eigenvalue weighted by Crippen LogP contribution is -2.25. The zero-order valence-corrected chi connectivity index (χ0v) is 13.7. The number of nitrogens with one attached hydrogen (secondary N) is 1. The number of ether oxygens (including phenoxy) is 1. The molecule has 0 amide bonds. The van der Waals surface area contributed by atoms with E-state index in [1.54, 1.807) is 12.1 Å². The molecule has 1 aliphatic carbocycles. The third kappa shape index (κ3) is 5.09. The van der Waals surface area contributed by atoms with Crippen molar-refractivity contribution in [1.82, 2.24) is 5.32 Å². The molecule has 0 heterocycles. The molecule has 0 aromatic heterocycles. The summed E-state index contributed by atoms with van der Waals surface area (Å²) in [6, 6.07) is 7.25. The molecule has 1 atom stereocenters. The second-order valence-electron chi connectivity index (χ2n) is 5.79. The van der Waals surface area contributed by atoms with Gasteiger partial charge in [-0.2, -0.15) is 0 Å². The Balaban J connectivity index is 1.76. The zero-order valence-electron chi connectivity index (χ0n) is 12.8. The van der Waals surface area contributed by atoms with Crippen LogP contribution in [0.1, 0.15) is 44.2 Å². The number of sulfone groups is 1. The first kappa shape index (κ1) is 16.5. The van der Waals surface area contributed by atoms with Gasteiger partial charge in [0.2, 0.25) is 0 Å². The molecule has 1 aromatic rings. The average Bonchev–Trinajstić information content (AvgIpc) is 2.96. The monoisotopic (exact) mass is 311 g/mol. The molecule has 1 unspecified atom stereocenters. The molecule has 21 heavy (non-hydrogen) atoms. The maximum Gasteiger partial charge on any atom is 0.175 e. The summed E-state index contributed by atoms with van der Waals surface area (Å²) in [5.74, 6) is 0. The van der Waals surface area contributed by atoms with Gasteiger partial charge in [-0.3, -0.25) is 0 Å². The lowest BCUT2D eigenvalue weighted by molar-refractivity contribution is 0.0593. The van der Waals surface area contributed by atoms with E-state index in [1.807, 2.05) is 12.1 Å². The first-order chi connectivity index (χ1) is 9.97. The van der Waals surface area contributed by atoms with Crippen LogP contribution in [0.25, 0.3) is 0 Å². The van der Waals surface area contributed by atoms with Crippen LogP contribution in [0.2, 0.25) is 0 Å². The summed E-state index contributed by atoms with van der Waals surface area (Å²) >= 11 is 0. The van der Waals surface area contributed by atoms with Gasteiger partial charge in [-0.1, -0.05) is 25.0 Å². The number of hydrogen-bond donors (Lipinski definition) is 1. The summed E-state index contributed by atoms with van der Waals surface area (Å²) in [7, 11) is -3.12. The molecule has 0 spiro atoms. The van der Waals surface area contributed by atoms with Crippen LogP contribution in [-0.4, -0.2) is 33.9 Å². The first-order valence-corrected chi connectivity index (χ1v) is 9.51. The van der Waals surface area contributed by atoms with E-state index in [0.717, 1.165) is 18.7 Å². The van der Waals surface area contributed by atoms with E-state index in [9.17, 15) is 8.42 Å². The van der Waals surface area contributed by atoms with Gasteiger partial charge >= 0.3 is 0 Å². The fourth-order valence-electron chi connectivity index (χ4n) is 2.68. The Kier molecular flexibility index (Phi) is 5.79. The first-order valence-electron chi connectivity index (χ1n) is 7.62. The van der Waals surface area contributed by atoms with Crippen molar-refractivity contribution in [1.29, 1.82) is 0 Å². The molecule has 0 aliphatic heterocycles. The minimum Gasteiger partial charge on any atom is -0.377 e. The van der Waals surface area contributed by atoms with Gasteiger partial charge in [-0.05, 0) is 37.5 Å². The van der Waals surface area contributed by atoms with E-state index in [0.29, 0.717) is 11.0 Å². The predicted molar refractivity (Wildman–Crippen MR) is 84.2 cm³/mol. The van der Waals surface area contributed by atoms with Gasteiger partial charge in [0.25, 0.3) is 0 Å². The zero-order chi connectivity index (χ0) is 15.3. The summed E-state index contributed by atoms with van der Waals surface area (Å²) in [4.78, 5) is 0.364. The molecule has 5 heteroatoms. The number of benzene rings is 1. The van der Waals surface area contributed by atoms with Crippen molar-refractivity contribution >= 4 is 9.84 Å². The van der Waals surface area contributed by atoms with Crippen LogP contribution in [0.5, 0.6) is 0 Å². The molecule has 0 saturated heterocycles. The summed E-state index contributed by atoms with van der Waals surface area (Å²) in [6.45, 7) is 3.62. The highest BCUT2D eigenvalue weighted by Gasteiger charge is 2.15. The minimum absolute atomic E-state index is 0.186. The van der Waals surface area contributed by atoms with Crippen molar-refractivity contribution in [3.05, 3.63) is 29.8 Å². The molecule has 0 bridgehead atoms. The predicted octanol–water partition coefficient (Wildman–Crippen LogP) is 2.70. The van der Waals surface area contributed by atoms with Crippen LogP contribution in [0, 0.1) is 0 Å². The van der Waals surface area contributed by atoms with Crippen LogP contribution in [-0.2, 0) is 14.6 Å². The normalized spacial score (nSPS) is 18.0. The van der Waals surface area contributed by atoms with Gasteiger partial charge < -0.3 is 10.1 Å². The minimum atomic E-state index is -3.12. The standard InChI is InChI=1S/C16H25NO3S/c1-13(17-11-12-20-15-5-3-4-6-15)14-7-9-16(10-8-14)21(2,18)19/h7-10,13,15,17H,3-6,11-12H2,1-2H3. The molecule has 1 saturated carbocycles. The molecule has 4 nitrogen and oxygen atoms in total. The van der Waals surface area contributed by atoms with Crippen molar-refractivity contribution in [2.24, 2.45) is 0 Å². The largest absolute Gasteiger partial charge is 0.377 e. The molecule has 1 aromatic carbocycles. The fraction of sp³-hybridized carbons (Fsp3) is 0.625. The summed E-state index contributed by atoms with van der Waals surface area (Å²) in [5.41, 5.74) is 1.09. The van der Waals surface area contributed by atoms with E-state index in [4.69, 9.17) is 4.74 Å². The molecule has 0 radical (unpaired) electrons. The van der Waals surface area contributed by atoms with Gasteiger partial charge in [-0.25, -0.2) is 8.42 Å². The summed E-state index contributed by atoms with van der Waals surface area (Å²) in [5, 5.41) is 3.41. The number of hydrogen-bond acceptors (Lipinski definition) is 4. The topological polar surface area (TPSA) is 55.4 Å². The number of rotatable bonds is 7. The van der Waals surface area contributed by atoms with Crippen LogP contribution < -0.4 is 5.32 Å². The van der Waals surface area contributed by atoms with Crippen molar-refractivity contribution in [2.75, 3.05) is 19.4 Å². The van der Waals surface area contributed by atoms with Crippen molar-refractivity contribution in [2.45, 2.75) is 49.6 Å². The van der Waals surface area contributed by atoms with Crippen LogP contribution in [0.15, 0.2) is 29.2 Å². The Morgan fingerprint density at radius 2 is 1.86 bits per heavy atom. The third-order valence-corrected chi connectivity index (χ3v) is 5.15. The summed E-state index contributed by atoms with van der Waals surface area (Å²) in [6.07, 6.45) is 6.66. The Morgan fingerprint density at radius 3 is 2.43 bits per heavy atom. The smallest absolute Gasteiger partial charge is 0.175 e. The lowest BCUT2D eigenvalue weighted by Gasteiger charge is -2.16. The van der Waals surface area contributed by atoms with E-state index in [-0.39, 0.29) is 6.04 Å². The Hall–Kier alpha value is -0.910. The second-order valence-corrected chi connectivity index (χ2v) is 7.81. The van der Waals surface area contributed by atoms with Crippen LogP contribution in [0.4, 0.5) is 0 Å². The lowest BCUT2D eigenvalue weighted by atomic mass is 10.1. The van der Waals surface area contributed by atoms with E-state index >= 15 is 0 Å². The quantitative estimate of drug-likeness (QED) is 0.787. The maximum absolute atomic E-state index is 11.4. The van der Waals surface area contributed by atoms with Gasteiger partial charge in [0.15, 0.2) is 9.84 Å². The highest BCUT2D eigenvalue weighted by atomic mass is 32.2. The van der Waals surface area contributed by atoms with E-state index < -0.39 is 9.84 Å². The Morgan fingerprint density at radius 1 is 1.24 bits per heavy atom. The molecule has 118 valence electrons. The van der Waals surface area contributed by atoms with E-state index in [1.165, 1.54) is 31.9 Å². The molecule has 1 N–H and O–H groups in total. The molecular weight excluding hydrogens is 286 g/mol. The van der Waals surface area contributed by atoms with Gasteiger partial charge in [-0.15, -0.1) is 0 Å². The Labute approximate surface area is 127 Å². The van der Waals surface area contributed by atoms with Gasteiger partial charge in [0, 0.05) is 18.8 Å². The van der Waals surface area contributed by atoms with Crippen molar-refractivity contribution in [3.63, 3.8) is 0 Å². The van der Waals surface area contributed by atoms with Gasteiger partial charge in [0.05, 0.1) is 17.6 Å². The van der Waals surface area contributed by atoms with Crippen LogP contribution in [0.3, 0.4) is 0 Å². The molecule has 1 fully saturated rings. The second kappa shape index (κ2) is 7.38. The van der Waals surface area contributed by atoms with E-state index in [2.05, 4.69) is 12.2 Å². The fourth-order valence-corrected chi connectivity index (χ4v) is 3.31. The molecule has 2 rings (SSSR count). The maximum atomic E-state index is 11.4. The molecular formula is C16H25NO3S. The third-order valence-electron chi connectivity index (χ3n) is 4.02. The van der Waals surface area contributed by atoms with Crippen molar-refractivity contribution < 1.29 is 13.2 Å². The highest BCUT2D eigenvalue weighted by molar-refractivity contribution is 7.90. The molecule has 1 aliphatic rings. The van der Waals surface area contributed by atoms with Crippen LogP contribution >= 0.6 is 0 Å². The highest BCUT2D eigenvalue weighted by Crippen LogP contribution is 2.20. The Bertz CT molecular complexity index is 533. The van der Waals surface area contributed by atoms with Gasteiger partial charge in [0.1, 0.15) is 0 Å². The summed E-state index contributed by atoms with van der Waals surface area (Å²) < 4.78 is 28.6. The van der Waals surface area contributed by atoms with Crippen molar-refractivity contribution in [3.8, 4) is 0 Å². The SMILES string of the molecule is CC(NCCOC1CCCC1)c1ccc(S(C)(=O)=O)cc1.